The molecule has 0 radical (unpaired) electrons. The molecule has 0 aromatic carbocycles. The lowest BCUT2D eigenvalue weighted by atomic mass is 9.81. The van der Waals surface area contributed by atoms with E-state index >= 15 is 0 Å². The van der Waals surface area contributed by atoms with Crippen LogP contribution >= 0.6 is 0 Å². The Balaban J connectivity index is 2.11. The highest BCUT2D eigenvalue weighted by atomic mass is 16.5. The van der Waals surface area contributed by atoms with Gasteiger partial charge in [-0.2, -0.15) is 0 Å². The van der Waals surface area contributed by atoms with Crippen LogP contribution in [0.4, 0.5) is 0 Å². The average Bonchev–Trinajstić information content (AvgIpc) is 2.28. The summed E-state index contributed by atoms with van der Waals surface area (Å²) in [7, 11) is 0. The Morgan fingerprint density at radius 3 is 2.82 bits per heavy atom. The van der Waals surface area contributed by atoms with Crippen molar-refractivity contribution in [3.05, 3.63) is 0 Å². The van der Waals surface area contributed by atoms with Crippen LogP contribution in [0.2, 0.25) is 0 Å². The minimum Gasteiger partial charge on any atom is -0.394 e. The molecule has 1 saturated carbocycles. The first-order valence-electron chi connectivity index (χ1n) is 6.65. The Hall–Kier alpha value is -0.160. The molecule has 0 aromatic heterocycles. The van der Waals surface area contributed by atoms with E-state index in [4.69, 9.17) is 15.2 Å². The zero-order valence-corrected chi connectivity index (χ0v) is 11.2. The lowest BCUT2D eigenvalue weighted by Gasteiger charge is -2.36. The molecule has 4 nitrogen and oxygen atoms in total. The summed E-state index contributed by atoms with van der Waals surface area (Å²) in [6, 6.07) is 0. The summed E-state index contributed by atoms with van der Waals surface area (Å²) in [6.45, 7) is 6.37. The lowest BCUT2D eigenvalue weighted by Crippen LogP contribution is -2.49. The van der Waals surface area contributed by atoms with Crippen molar-refractivity contribution in [2.24, 2.45) is 11.7 Å². The summed E-state index contributed by atoms with van der Waals surface area (Å²) in [5.41, 5.74) is 5.63. The summed E-state index contributed by atoms with van der Waals surface area (Å²) < 4.78 is 11.2. The number of hydrogen-bond acceptors (Lipinski definition) is 4. The second kappa shape index (κ2) is 7.31. The molecule has 2 atom stereocenters. The smallest absolute Gasteiger partial charge is 0.0704 e. The molecule has 2 unspecified atom stereocenters. The molecule has 1 aliphatic rings. The monoisotopic (exact) mass is 245 g/mol. The van der Waals surface area contributed by atoms with Gasteiger partial charge < -0.3 is 20.3 Å². The second-order valence-corrected chi connectivity index (χ2v) is 5.58. The Labute approximate surface area is 104 Å². The van der Waals surface area contributed by atoms with E-state index in [0.29, 0.717) is 19.1 Å². The maximum atomic E-state index is 9.23. The molecule has 1 fully saturated rings. The van der Waals surface area contributed by atoms with Gasteiger partial charge >= 0.3 is 0 Å². The van der Waals surface area contributed by atoms with Crippen molar-refractivity contribution in [3.8, 4) is 0 Å². The third kappa shape index (κ3) is 5.82. The maximum absolute atomic E-state index is 9.23. The van der Waals surface area contributed by atoms with Gasteiger partial charge in [0.2, 0.25) is 0 Å². The van der Waals surface area contributed by atoms with Crippen LogP contribution in [0.3, 0.4) is 0 Å². The standard InChI is InChI=1S/C13H27NO3/c1-11(2)9-16-6-7-17-12-4-3-5-13(14,8-12)10-15/h11-12,15H,3-10,14H2,1-2H3. The van der Waals surface area contributed by atoms with E-state index in [-0.39, 0.29) is 12.7 Å². The SMILES string of the molecule is CC(C)COCCOC1CCCC(N)(CO)C1. The van der Waals surface area contributed by atoms with Crippen LogP contribution in [-0.2, 0) is 9.47 Å². The Bertz CT molecular complexity index is 211. The van der Waals surface area contributed by atoms with Crippen LogP contribution in [0.25, 0.3) is 0 Å². The maximum Gasteiger partial charge on any atom is 0.0704 e. The molecule has 102 valence electrons. The first-order valence-corrected chi connectivity index (χ1v) is 6.65. The normalized spacial score (nSPS) is 29.8. The van der Waals surface area contributed by atoms with E-state index in [1.54, 1.807) is 0 Å². The number of aliphatic hydroxyl groups is 1. The van der Waals surface area contributed by atoms with E-state index in [9.17, 15) is 5.11 Å². The zero-order chi connectivity index (χ0) is 12.7. The zero-order valence-electron chi connectivity index (χ0n) is 11.2. The first-order chi connectivity index (χ1) is 8.06. The average molecular weight is 245 g/mol. The van der Waals surface area contributed by atoms with Crippen LogP contribution < -0.4 is 5.73 Å². The number of ether oxygens (including phenoxy) is 2. The second-order valence-electron chi connectivity index (χ2n) is 5.58. The molecule has 3 N–H and O–H groups in total. The molecule has 0 amide bonds. The minimum absolute atomic E-state index is 0.0523. The molecule has 0 spiro atoms. The summed E-state index contributed by atoms with van der Waals surface area (Å²) >= 11 is 0. The van der Waals surface area contributed by atoms with E-state index in [1.807, 2.05) is 0 Å². The van der Waals surface area contributed by atoms with Gasteiger partial charge in [-0.1, -0.05) is 13.8 Å². The molecule has 1 rings (SSSR count). The molecule has 17 heavy (non-hydrogen) atoms. The minimum atomic E-state index is -0.429. The van der Waals surface area contributed by atoms with Crippen molar-refractivity contribution < 1.29 is 14.6 Å². The van der Waals surface area contributed by atoms with Crippen molar-refractivity contribution in [1.82, 2.24) is 0 Å². The fourth-order valence-electron chi connectivity index (χ4n) is 2.22. The molecule has 1 aliphatic carbocycles. The van der Waals surface area contributed by atoms with E-state index < -0.39 is 5.54 Å². The Morgan fingerprint density at radius 2 is 2.18 bits per heavy atom. The molecule has 0 bridgehead atoms. The van der Waals surface area contributed by atoms with Gasteiger partial charge in [-0.05, 0) is 31.6 Å². The van der Waals surface area contributed by atoms with E-state index in [0.717, 1.165) is 32.3 Å². The van der Waals surface area contributed by atoms with Crippen LogP contribution in [0, 0.1) is 5.92 Å². The van der Waals surface area contributed by atoms with Gasteiger partial charge in [-0.15, -0.1) is 0 Å². The Morgan fingerprint density at radius 1 is 1.41 bits per heavy atom. The molecule has 4 heteroatoms. The molecular weight excluding hydrogens is 218 g/mol. The number of aliphatic hydroxyl groups excluding tert-OH is 1. The molecule has 0 heterocycles. The van der Waals surface area contributed by atoms with Crippen molar-refractivity contribution >= 4 is 0 Å². The van der Waals surface area contributed by atoms with Gasteiger partial charge in [0.1, 0.15) is 0 Å². The van der Waals surface area contributed by atoms with Crippen molar-refractivity contribution in [3.63, 3.8) is 0 Å². The highest BCUT2D eigenvalue weighted by Crippen LogP contribution is 2.27. The van der Waals surface area contributed by atoms with Gasteiger partial charge in [-0.3, -0.25) is 0 Å². The van der Waals surface area contributed by atoms with Gasteiger partial charge in [0.15, 0.2) is 0 Å². The van der Waals surface area contributed by atoms with E-state index in [2.05, 4.69) is 13.8 Å². The predicted octanol–water partition coefficient (Wildman–Crippen LogP) is 1.31. The largest absolute Gasteiger partial charge is 0.394 e. The summed E-state index contributed by atoms with van der Waals surface area (Å²) in [6.07, 6.45) is 3.92. The van der Waals surface area contributed by atoms with Crippen LogP contribution in [0.1, 0.15) is 39.5 Å². The fourth-order valence-corrected chi connectivity index (χ4v) is 2.22. The van der Waals surface area contributed by atoms with Gasteiger partial charge in [0.25, 0.3) is 0 Å². The van der Waals surface area contributed by atoms with Crippen molar-refractivity contribution in [2.75, 3.05) is 26.4 Å². The summed E-state index contributed by atoms with van der Waals surface area (Å²) in [5.74, 6) is 0.566. The Kier molecular flexibility index (Phi) is 6.41. The van der Waals surface area contributed by atoms with Gasteiger partial charge in [0.05, 0.1) is 25.9 Å². The quantitative estimate of drug-likeness (QED) is 0.664. The van der Waals surface area contributed by atoms with Gasteiger partial charge in [-0.25, -0.2) is 0 Å². The first kappa shape index (κ1) is 14.9. The predicted molar refractivity (Wildman–Crippen MR) is 67.9 cm³/mol. The van der Waals surface area contributed by atoms with Crippen molar-refractivity contribution in [1.29, 1.82) is 0 Å². The summed E-state index contributed by atoms with van der Waals surface area (Å²) in [5, 5.41) is 9.23. The highest BCUT2D eigenvalue weighted by molar-refractivity contribution is 4.90. The third-order valence-electron chi connectivity index (χ3n) is 3.18. The topological polar surface area (TPSA) is 64.7 Å². The van der Waals surface area contributed by atoms with E-state index in [1.165, 1.54) is 0 Å². The summed E-state index contributed by atoms with van der Waals surface area (Å²) in [4.78, 5) is 0. The van der Waals surface area contributed by atoms with Crippen LogP contribution in [-0.4, -0.2) is 43.2 Å². The van der Waals surface area contributed by atoms with Gasteiger partial charge in [0, 0.05) is 12.1 Å². The number of nitrogens with two attached hydrogens (primary N) is 1. The van der Waals surface area contributed by atoms with Crippen LogP contribution in [0.15, 0.2) is 0 Å². The molecular formula is C13H27NO3. The van der Waals surface area contributed by atoms with Crippen LogP contribution in [0.5, 0.6) is 0 Å². The van der Waals surface area contributed by atoms with Crippen molar-refractivity contribution in [2.45, 2.75) is 51.2 Å². The highest BCUT2D eigenvalue weighted by Gasteiger charge is 2.32. The molecule has 0 saturated heterocycles. The number of hydrogen-bond donors (Lipinski definition) is 2. The lowest BCUT2D eigenvalue weighted by molar-refractivity contribution is -0.0336. The number of rotatable bonds is 7. The third-order valence-corrected chi connectivity index (χ3v) is 3.18. The molecule has 0 aromatic rings. The fraction of sp³-hybridized carbons (Fsp3) is 1.00. The molecule has 0 aliphatic heterocycles.